The highest BCUT2D eigenvalue weighted by atomic mass is 32.2. The number of amides is 1. The van der Waals surface area contributed by atoms with Crippen molar-refractivity contribution in [2.45, 2.75) is 17.6 Å². The first kappa shape index (κ1) is 21.7. The van der Waals surface area contributed by atoms with Crippen molar-refractivity contribution in [3.05, 3.63) is 90.1 Å². The second-order valence-corrected chi connectivity index (χ2v) is 8.54. The molecule has 0 spiro atoms. The molecule has 1 amide bonds. The van der Waals surface area contributed by atoms with Crippen LogP contribution >= 0.6 is 11.8 Å². The van der Waals surface area contributed by atoms with Gasteiger partial charge >= 0.3 is 0 Å². The van der Waals surface area contributed by atoms with E-state index in [1.165, 1.54) is 0 Å². The molecule has 34 heavy (non-hydrogen) atoms. The highest BCUT2D eigenvalue weighted by Crippen LogP contribution is 2.27. The standard InChI is InChI=1S/C24H21N7O2S/c1-16-27-28-29-31(16)21-13-18(8-11-22(21)33-2)26-24(32)17-6-9-20(10-7-17)34-15-19-14-30-12-4-3-5-23(30)25-19/h3-14H,15H2,1-2H3,(H,26,32). The van der Waals surface area contributed by atoms with E-state index >= 15 is 0 Å². The number of aromatic nitrogens is 6. The SMILES string of the molecule is COc1ccc(NC(=O)c2ccc(SCc3cn4ccccc4n3)cc2)cc1-n1nnnc1C. The number of hydrogen-bond donors (Lipinski definition) is 1. The quantitative estimate of drug-likeness (QED) is 0.356. The summed E-state index contributed by atoms with van der Waals surface area (Å²) in [6, 6.07) is 18.8. The molecular weight excluding hydrogens is 450 g/mol. The molecule has 0 radical (unpaired) electrons. The Hall–Kier alpha value is -4.18. The number of carbonyl (C=O) groups is 1. The maximum atomic E-state index is 12.8. The summed E-state index contributed by atoms with van der Waals surface area (Å²) in [5, 5.41) is 14.5. The molecule has 0 aliphatic rings. The number of hydrogen-bond acceptors (Lipinski definition) is 7. The molecule has 0 saturated carbocycles. The van der Waals surface area contributed by atoms with Crippen LogP contribution in [0.3, 0.4) is 0 Å². The predicted molar refractivity (Wildman–Crippen MR) is 130 cm³/mol. The minimum Gasteiger partial charge on any atom is -0.494 e. The van der Waals surface area contributed by atoms with Crippen LogP contribution in [0.15, 0.2) is 78.0 Å². The van der Waals surface area contributed by atoms with Crippen molar-refractivity contribution < 1.29 is 9.53 Å². The Bertz CT molecular complexity index is 1430. The fraction of sp³-hybridized carbons (Fsp3) is 0.125. The summed E-state index contributed by atoms with van der Waals surface area (Å²) < 4.78 is 8.98. The first-order valence-electron chi connectivity index (χ1n) is 10.5. The molecule has 170 valence electrons. The summed E-state index contributed by atoms with van der Waals surface area (Å²) >= 11 is 1.68. The van der Waals surface area contributed by atoms with Gasteiger partial charge in [0.05, 0.1) is 12.8 Å². The van der Waals surface area contributed by atoms with E-state index in [2.05, 4.69) is 25.8 Å². The molecule has 3 heterocycles. The number of nitrogens with one attached hydrogen (secondary N) is 1. The van der Waals surface area contributed by atoms with Crippen molar-refractivity contribution in [3.63, 3.8) is 0 Å². The van der Waals surface area contributed by atoms with Crippen molar-refractivity contribution in [3.8, 4) is 11.4 Å². The number of carbonyl (C=O) groups excluding carboxylic acids is 1. The van der Waals surface area contributed by atoms with Crippen LogP contribution in [-0.4, -0.2) is 42.6 Å². The lowest BCUT2D eigenvalue weighted by Crippen LogP contribution is -2.12. The van der Waals surface area contributed by atoms with Gasteiger partial charge in [0, 0.05) is 34.3 Å². The average molecular weight is 472 g/mol. The van der Waals surface area contributed by atoms with E-state index in [1.807, 2.05) is 59.3 Å². The van der Waals surface area contributed by atoms with Gasteiger partial charge in [-0.1, -0.05) is 6.07 Å². The van der Waals surface area contributed by atoms with E-state index in [4.69, 9.17) is 4.74 Å². The van der Waals surface area contributed by atoms with Gasteiger partial charge in [-0.25, -0.2) is 4.98 Å². The molecule has 9 nitrogen and oxygen atoms in total. The summed E-state index contributed by atoms with van der Waals surface area (Å²) in [4.78, 5) is 18.5. The van der Waals surface area contributed by atoms with E-state index < -0.39 is 0 Å². The number of nitrogens with zero attached hydrogens (tertiary/aromatic N) is 6. The largest absolute Gasteiger partial charge is 0.494 e. The minimum absolute atomic E-state index is 0.207. The fourth-order valence-corrected chi connectivity index (χ4v) is 4.29. The van der Waals surface area contributed by atoms with Crippen LogP contribution in [0.5, 0.6) is 5.75 Å². The number of thioether (sulfide) groups is 1. The van der Waals surface area contributed by atoms with Crippen LogP contribution in [0.2, 0.25) is 0 Å². The van der Waals surface area contributed by atoms with Crippen LogP contribution in [0.25, 0.3) is 11.3 Å². The second-order valence-electron chi connectivity index (χ2n) is 7.49. The van der Waals surface area contributed by atoms with Crippen molar-refractivity contribution in [1.82, 2.24) is 29.6 Å². The molecule has 0 bridgehead atoms. The number of methoxy groups -OCH3 is 1. The van der Waals surface area contributed by atoms with Gasteiger partial charge in [-0.05, 0) is 71.9 Å². The molecule has 0 unspecified atom stereocenters. The van der Waals surface area contributed by atoms with Crippen LogP contribution in [0, 0.1) is 6.92 Å². The minimum atomic E-state index is -0.207. The van der Waals surface area contributed by atoms with Crippen molar-refractivity contribution in [1.29, 1.82) is 0 Å². The first-order valence-corrected chi connectivity index (χ1v) is 11.5. The molecule has 3 aromatic heterocycles. The topological polar surface area (TPSA) is 99.2 Å². The number of fused-ring (bicyclic) bond motifs is 1. The number of rotatable bonds is 7. The zero-order valence-electron chi connectivity index (χ0n) is 18.5. The van der Waals surface area contributed by atoms with E-state index in [9.17, 15) is 4.79 Å². The third kappa shape index (κ3) is 4.48. The Kier molecular flexibility index (Phi) is 5.96. The van der Waals surface area contributed by atoms with Gasteiger partial charge in [-0.2, -0.15) is 4.68 Å². The lowest BCUT2D eigenvalue weighted by Gasteiger charge is -2.12. The normalized spacial score (nSPS) is 11.0. The van der Waals surface area contributed by atoms with E-state index in [1.54, 1.807) is 48.7 Å². The third-order valence-corrected chi connectivity index (χ3v) is 6.25. The van der Waals surface area contributed by atoms with Gasteiger partial charge in [-0.15, -0.1) is 16.9 Å². The molecular formula is C24H21N7O2S. The molecule has 2 aromatic carbocycles. The van der Waals surface area contributed by atoms with Crippen molar-refractivity contribution in [2.24, 2.45) is 0 Å². The van der Waals surface area contributed by atoms with Crippen LogP contribution in [0.1, 0.15) is 21.9 Å². The van der Waals surface area contributed by atoms with E-state index in [0.29, 0.717) is 28.5 Å². The molecule has 0 saturated heterocycles. The highest BCUT2D eigenvalue weighted by Gasteiger charge is 2.13. The molecule has 0 atom stereocenters. The van der Waals surface area contributed by atoms with Crippen molar-refractivity contribution in [2.75, 3.05) is 12.4 Å². The Morgan fingerprint density at radius 1 is 1.12 bits per heavy atom. The number of imidazole rings is 1. The summed E-state index contributed by atoms with van der Waals surface area (Å²) in [5.74, 6) is 1.75. The Morgan fingerprint density at radius 2 is 1.97 bits per heavy atom. The molecule has 5 aromatic rings. The monoisotopic (exact) mass is 471 g/mol. The second kappa shape index (κ2) is 9.36. The smallest absolute Gasteiger partial charge is 0.255 e. The molecule has 0 fully saturated rings. The fourth-order valence-electron chi connectivity index (χ4n) is 3.51. The maximum Gasteiger partial charge on any atom is 0.255 e. The van der Waals surface area contributed by atoms with Gasteiger partial charge < -0.3 is 14.5 Å². The van der Waals surface area contributed by atoms with Gasteiger partial charge in [0.25, 0.3) is 5.91 Å². The Morgan fingerprint density at radius 3 is 2.71 bits per heavy atom. The Labute approximate surface area is 199 Å². The van der Waals surface area contributed by atoms with E-state index in [-0.39, 0.29) is 5.91 Å². The number of anilines is 1. The van der Waals surface area contributed by atoms with Gasteiger partial charge in [0.2, 0.25) is 0 Å². The van der Waals surface area contributed by atoms with Crippen LogP contribution in [-0.2, 0) is 5.75 Å². The molecule has 0 aliphatic carbocycles. The molecule has 5 rings (SSSR count). The summed E-state index contributed by atoms with van der Waals surface area (Å²) in [7, 11) is 1.57. The number of benzene rings is 2. The average Bonchev–Trinajstić information content (AvgIpc) is 3.48. The zero-order valence-corrected chi connectivity index (χ0v) is 19.4. The van der Waals surface area contributed by atoms with Gasteiger partial charge in [0.1, 0.15) is 17.1 Å². The Balaban J connectivity index is 1.26. The molecule has 1 N–H and O–H groups in total. The summed E-state index contributed by atoms with van der Waals surface area (Å²) in [5.41, 5.74) is 3.75. The molecule has 0 aliphatic heterocycles. The van der Waals surface area contributed by atoms with Gasteiger partial charge in [0.15, 0.2) is 5.82 Å². The van der Waals surface area contributed by atoms with Gasteiger partial charge in [-0.3, -0.25) is 4.79 Å². The lowest BCUT2D eigenvalue weighted by atomic mass is 10.2. The first-order chi connectivity index (χ1) is 16.6. The van der Waals surface area contributed by atoms with Crippen molar-refractivity contribution >= 4 is 29.0 Å². The predicted octanol–water partition coefficient (Wildman–Crippen LogP) is 4.17. The van der Waals surface area contributed by atoms with Crippen LogP contribution in [0.4, 0.5) is 5.69 Å². The zero-order chi connectivity index (χ0) is 23.5. The maximum absolute atomic E-state index is 12.8. The third-order valence-electron chi connectivity index (χ3n) is 5.21. The lowest BCUT2D eigenvalue weighted by molar-refractivity contribution is 0.102. The van der Waals surface area contributed by atoms with E-state index in [0.717, 1.165) is 22.0 Å². The number of aryl methyl sites for hydroxylation is 1. The number of pyridine rings is 1. The number of tetrazole rings is 1. The highest BCUT2D eigenvalue weighted by molar-refractivity contribution is 7.98. The number of ether oxygens (including phenoxy) is 1. The summed E-state index contributed by atoms with van der Waals surface area (Å²) in [6.45, 7) is 1.79. The summed E-state index contributed by atoms with van der Waals surface area (Å²) in [6.07, 6.45) is 4.02. The molecule has 10 heteroatoms. The van der Waals surface area contributed by atoms with Crippen LogP contribution < -0.4 is 10.1 Å².